The van der Waals surface area contributed by atoms with E-state index in [1.54, 1.807) is 6.20 Å². The molecular formula is C31H28N2O4. The smallest absolute Gasteiger partial charge is 0.410 e. The lowest BCUT2D eigenvalue weighted by Gasteiger charge is -2.43. The summed E-state index contributed by atoms with van der Waals surface area (Å²) >= 11 is 0. The Kier molecular flexibility index (Phi) is 5.18. The van der Waals surface area contributed by atoms with Crippen molar-refractivity contribution < 1.29 is 19.2 Å². The first-order valence-corrected chi connectivity index (χ1v) is 13.0. The number of rotatable bonds is 4. The van der Waals surface area contributed by atoms with Crippen molar-refractivity contribution in [2.24, 2.45) is 0 Å². The summed E-state index contributed by atoms with van der Waals surface area (Å²) in [5.74, 6) is 0.738. The molecule has 186 valence electrons. The largest absolute Gasteiger partial charge is 0.448 e. The molecule has 6 heteroatoms. The Bertz CT molecular complexity index is 1390. The highest BCUT2D eigenvalue weighted by Gasteiger charge is 2.50. The summed E-state index contributed by atoms with van der Waals surface area (Å²) in [4.78, 5) is 15.3. The number of hydrogen-bond donors (Lipinski definition) is 1. The minimum absolute atomic E-state index is 0.0339. The predicted molar refractivity (Wildman–Crippen MR) is 139 cm³/mol. The fourth-order valence-electron chi connectivity index (χ4n) is 6.74. The van der Waals surface area contributed by atoms with Gasteiger partial charge >= 0.3 is 6.09 Å². The third-order valence-electron chi connectivity index (χ3n) is 8.46. The zero-order valence-electron chi connectivity index (χ0n) is 20.4. The Labute approximate surface area is 215 Å². The van der Waals surface area contributed by atoms with Gasteiger partial charge in [-0.2, -0.15) is 0 Å². The van der Waals surface area contributed by atoms with Gasteiger partial charge in [-0.15, -0.1) is 0 Å². The molecule has 1 amide bonds. The van der Waals surface area contributed by atoms with Crippen LogP contribution in [-0.4, -0.2) is 39.9 Å². The van der Waals surface area contributed by atoms with Crippen LogP contribution in [0.2, 0.25) is 0 Å². The van der Waals surface area contributed by atoms with Gasteiger partial charge in [0.05, 0.1) is 11.8 Å². The van der Waals surface area contributed by atoms with Gasteiger partial charge in [0.2, 0.25) is 0 Å². The minimum Gasteiger partial charge on any atom is -0.448 e. The third-order valence-corrected chi connectivity index (χ3v) is 8.46. The molecule has 2 fully saturated rings. The van der Waals surface area contributed by atoms with Crippen molar-refractivity contribution >= 4 is 6.09 Å². The van der Waals surface area contributed by atoms with Crippen molar-refractivity contribution in [2.75, 3.05) is 6.61 Å². The van der Waals surface area contributed by atoms with Gasteiger partial charge in [-0.1, -0.05) is 78.0 Å². The van der Waals surface area contributed by atoms with E-state index in [-0.39, 0.29) is 24.1 Å². The van der Waals surface area contributed by atoms with Gasteiger partial charge in [0.25, 0.3) is 0 Å². The van der Waals surface area contributed by atoms with Crippen LogP contribution in [0, 0.1) is 0 Å². The molecular weight excluding hydrogens is 464 g/mol. The summed E-state index contributed by atoms with van der Waals surface area (Å²) in [6.07, 6.45) is 4.14. The van der Waals surface area contributed by atoms with Crippen molar-refractivity contribution in [2.45, 2.75) is 49.3 Å². The number of carbonyl (C=O) groups excluding carboxylic acids is 1. The topological polar surface area (TPSA) is 75.8 Å². The summed E-state index contributed by atoms with van der Waals surface area (Å²) in [7, 11) is 0. The van der Waals surface area contributed by atoms with Crippen molar-refractivity contribution in [1.82, 2.24) is 10.1 Å². The van der Waals surface area contributed by atoms with Gasteiger partial charge in [0.15, 0.2) is 5.76 Å². The first-order valence-electron chi connectivity index (χ1n) is 13.0. The second-order valence-corrected chi connectivity index (χ2v) is 10.5. The monoisotopic (exact) mass is 492 g/mol. The number of ether oxygens (including phenoxy) is 1. The maximum atomic E-state index is 13.4. The van der Waals surface area contributed by atoms with E-state index in [0.717, 1.165) is 24.0 Å². The lowest BCUT2D eigenvalue weighted by atomic mass is 9.80. The summed E-state index contributed by atoms with van der Waals surface area (Å²) in [6.45, 7) is 0.316. The molecule has 3 aromatic carbocycles. The normalized spacial score (nSPS) is 24.1. The molecule has 2 aliphatic heterocycles. The molecule has 3 heterocycles. The first kappa shape index (κ1) is 22.3. The van der Waals surface area contributed by atoms with Gasteiger partial charge in [-0.3, -0.25) is 0 Å². The zero-order chi connectivity index (χ0) is 25.0. The van der Waals surface area contributed by atoms with E-state index in [9.17, 15) is 9.90 Å². The molecule has 2 bridgehead atoms. The lowest BCUT2D eigenvalue weighted by molar-refractivity contribution is -0.0531. The molecule has 3 aliphatic rings. The summed E-state index contributed by atoms with van der Waals surface area (Å²) < 4.78 is 11.2. The zero-order valence-corrected chi connectivity index (χ0v) is 20.4. The Balaban J connectivity index is 1.06. The number of piperidine rings is 1. The number of aliphatic hydroxyl groups is 1. The second kappa shape index (κ2) is 8.60. The molecule has 4 aromatic rings. The molecule has 37 heavy (non-hydrogen) atoms. The standard InChI is InChI=1S/C31H28N2O4/c34-30(36-19-28-26-7-3-1-5-24(26)25-6-2-4-8-27(25)28)33-22-13-14-23(33)18-31(35,17-22)21-11-9-20(10-12-21)29-15-16-32-37-29/h1-12,15-16,22-23,28,35H,13-14,17-19H2. The SMILES string of the molecule is O=C(OCC1c2ccccc2-c2ccccc21)N1C2CCC1CC(O)(c1ccc(-c3ccno3)cc1)C2. The third kappa shape index (κ3) is 3.66. The van der Waals surface area contributed by atoms with E-state index < -0.39 is 5.60 Å². The molecule has 0 radical (unpaired) electrons. The van der Waals surface area contributed by atoms with Gasteiger partial charge in [0, 0.05) is 42.5 Å². The number of benzene rings is 3. The average molecular weight is 493 g/mol. The molecule has 1 aliphatic carbocycles. The summed E-state index contributed by atoms with van der Waals surface area (Å²) in [5.41, 5.74) is 5.69. The first-order chi connectivity index (χ1) is 18.1. The fourth-order valence-corrected chi connectivity index (χ4v) is 6.74. The molecule has 1 N–H and O–H groups in total. The Morgan fingerprint density at radius 2 is 1.54 bits per heavy atom. The van der Waals surface area contributed by atoms with E-state index in [0.29, 0.717) is 25.2 Å². The quantitative estimate of drug-likeness (QED) is 0.372. The number of hydrogen-bond acceptors (Lipinski definition) is 5. The summed E-state index contributed by atoms with van der Waals surface area (Å²) in [5, 5.41) is 15.4. The Hall–Kier alpha value is -3.90. The Morgan fingerprint density at radius 1 is 0.919 bits per heavy atom. The van der Waals surface area contributed by atoms with E-state index in [1.165, 1.54) is 22.3 Å². The van der Waals surface area contributed by atoms with Crippen LogP contribution in [-0.2, 0) is 10.3 Å². The number of nitrogens with zero attached hydrogens (tertiary/aromatic N) is 2. The van der Waals surface area contributed by atoms with E-state index in [2.05, 4.69) is 41.6 Å². The Morgan fingerprint density at radius 3 is 2.14 bits per heavy atom. The molecule has 2 atom stereocenters. The molecule has 2 unspecified atom stereocenters. The van der Waals surface area contributed by atoms with Crippen LogP contribution in [0.5, 0.6) is 0 Å². The van der Waals surface area contributed by atoms with Crippen LogP contribution >= 0.6 is 0 Å². The number of amides is 1. The van der Waals surface area contributed by atoms with Gasteiger partial charge in [0.1, 0.15) is 6.61 Å². The van der Waals surface area contributed by atoms with Crippen molar-refractivity contribution in [3.05, 3.63) is 102 Å². The molecule has 1 aromatic heterocycles. The van der Waals surface area contributed by atoms with E-state index in [1.807, 2.05) is 47.4 Å². The van der Waals surface area contributed by atoms with Gasteiger partial charge < -0.3 is 19.3 Å². The lowest BCUT2D eigenvalue weighted by Crippen LogP contribution is -2.52. The number of fused-ring (bicyclic) bond motifs is 5. The highest BCUT2D eigenvalue weighted by atomic mass is 16.6. The average Bonchev–Trinajstić information content (AvgIpc) is 3.64. The van der Waals surface area contributed by atoms with Crippen LogP contribution in [0.3, 0.4) is 0 Å². The van der Waals surface area contributed by atoms with Crippen LogP contribution in [0.1, 0.15) is 48.3 Å². The van der Waals surface area contributed by atoms with Gasteiger partial charge in [-0.05, 0) is 40.7 Å². The van der Waals surface area contributed by atoms with E-state index in [4.69, 9.17) is 9.26 Å². The van der Waals surface area contributed by atoms with Crippen LogP contribution < -0.4 is 0 Å². The fraction of sp³-hybridized carbons (Fsp3) is 0.290. The van der Waals surface area contributed by atoms with Gasteiger partial charge in [-0.25, -0.2) is 4.79 Å². The minimum atomic E-state index is -0.966. The maximum absolute atomic E-state index is 13.4. The highest BCUT2D eigenvalue weighted by Crippen LogP contribution is 2.47. The number of aromatic nitrogens is 1. The van der Waals surface area contributed by atoms with Crippen molar-refractivity contribution in [1.29, 1.82) is 0 Å². The van der Waals surface area contributed by atoms with Crippen LogP contribution in [0.4, 0.5) is 4.79 Å². The molecule has 0 saturated carbocycles. The number of carbonyl (C=O) groups is 1. The van der Waals surface area contributed by atoms with Crippen molar-refractivity contribution in [3.8, 4) is 22.5 Å². The molecule has 7 rings (SSSR count). The van der Waals surface area contributed by atoms with Crippen LogP contribution in [0.15, 0.2) is 89.6 Å². The van der Waals surface area contributed by atoms with Crippen LogP contribution in [0.25, 0.3) is 22.5 Å². The van der Waals surface area contributed by atoms with Crippen molar-refractivity contribution in [3.63, 3.8) is 0 Å². The van der Waals surface area contributed by atoms with E-state index >= 15 is 0 Å². The maximum Gasteiger partial charge on any atom is 0.410 e. The summed E-state index contributed by atoms with van der Waals surface area (Å²) in [6, 6.07) is 26.3. The molecule has 2 saturated heterocycles. The predicted octanol–water partition coefficient (Wildman–Crippen LogP) is 6.11. The molecule has 0 spiro atoms. The molecule has 6 nitrogen and oxygen atoms in total. The second-order valence-electron chi connectivity index (χ2n) is 10.5. The highest BCUT2D eigenvalue weighted by molar-refractivity contribution is 5.79.